The lowest BCUT2D eigenvalue weighted by atomic mass is 10.2. The summed E-state index contributed by atoms with van der Waals surface area (Å²) in [5, 5.41) is 12.8. The van der Waals surface area contributed by atoms with Gasteiger partial charge >= 0.3 is 6.03 Å². The largest absolute Gasteiger partial charge is 0.497 e. The molecule has 1 aromatic heterocycles. The third-order valence-corrected chi connectivity index (χ3v) is 5.34. The Balaban J connectivity index is 1.97. The number of methoxy groups -OCH3 is 1. The van der Waals surface area contributed by atoms with Gasteiger partial charge in [0.1, 0.15) is 11.6 Å². The number of halogens is 1. The second-order valence-electron chi connectivity index (χ2n) is 6.43. The van der Waals surface area contributed by atoms with Gasteiger partial charge in [0, 0.05) is 12.1 Å². The highest BCUT2D eigenvalue weighted by atomic mass is 32.2. The molecule has 0 radical (unpaired) electrons. The van der Waals surface area contributed by atoms with Crippen molar-refractivity contribution in [3.05, 3.63) is 54.3 Å². The number of amides is 3. The third-order valence-electron chi connectivity index (χ3n) is 4.30. The standard InChI is InChI=1S/C21H22FN5O3S/c1-4-23-20(29)24-19(28)13(2)31-21-26-25-18(14-9-11-15(30-3)12-10-14)27(21)17-8-6-5-7-16(17)22/h5-13H,4H2,1-3H3,(H2,23,24,28,29). The molecule has 10 heteroatoms. The molecular weight excluding hydrogens is 421 g/mol. The Morgan fingerprint density at radius 1 is 1.16 bits per heavy atom. The fourth-order valence-electron chi connectivity index (χ4n) is 2.75. The predicted octanol–water partition coefficient (Wildman–Crippen LogP) is 3.41. The zero-order chi connectivity index (χ0) is 22.4. The summed E-state index contributed by atoms with van der Waals surface area (Å²) in [6.07, 6.45) is 0. The Hall–Kier alpha value is -3.40. The first-order valence-corrected chi connectivity index (χ1v) is 10.4. The van der Waals surface area contributed by atoms with Crippen molar-refractivity contribution in [3.8, 4) is 22.8 Å². The van der Waals surface area contributed by atoms with Crippen LogP contribution in [0.5, 0.6) is 5.75 Å². The van der Waals surface area contributed by atoms with Crippen LogP contribution in [-0.4, -0.2) is 45.6 Å². The summed E-state index contributed by atoms with van der Waals surface area (Å²) in [7, 11) is 1.57. The average Bonchev–Trinajstić information content (AvgIpc) is 3.17. The number of rotatable bonds is 7. The van der Waals surface area contributed by atoms with Crippen LogP contribution in [0.3, 0.4) is 0 Å². The predicted molar refractivity (Wildman–Crippen MR) is 116 cm³/mol. The van der Waals surface area contributed by atoms with Crippen LogP contribution in [0.4, 0.5) is 9.18 Å². The molecule has 162 valence electrons. The molecule has 0 aliphatic rings. The van der Waals surface area contributed by atoms with Gasteiger partial charge in [-0.3, -0.25) is 14.7 Å². The zero-order valence-electron chi connectivity index (χ0n) is 17.3. The van der Waals surface area contributed by atoms with E-state index in [9.17, 15) is 14.0 Å². The molecule has 1 unspecified atom stereocenters. The fourth-order valence-corrected chi connectivity index (χ4v) is 3.61. The summed E-state index contributed by atoms with van der Waals surface area (Å²) in [6.45, 7) is 3.78. The molecule has 1 atom stereocenters. The van der Waals surface area contributed by atoms with Gasteiger partial charge in [0.25, 0.3) is 0 Å². The lowest BCUT2D eigenvalue weighted by molar-refractivity contribution is -0.119. The number of aromatic nitrogens is 3. The first-order valence-electron chi connectivity index (χ1n) is 9.54. The maximum atomic E-state index is 14.7. The first-order chi connectivity index (χ1) is 14.9. The van der Waals surface area contributed by atoms with Crippen LogP contribution in [0, 0.1) is 5.82 Å². The van der Waals surface area contributed by atoms with Crippen LogP contribution in [-0.2, 0) is 4.79 Å². The summed E-state index contributed by atoms with van der Waals surface area (Å²) >= 11 is 1.07. The molecule has 0 aliphatic carbocycles. The highest BCUT2D eigenvalue weighted by molar-refractivity contribution is 8.00. The molecule has 0 saturated heterocycles. The van der Waals surface area contributed by atoms with Crippen molar-refractivity contribution in [2.24, 2.45) is 0 Å². The molecule has 2 aromatic carbocycles. The number of benzene rings is 2. The van der Waals surface area contributed by atoms with E-state index in [1.165, 1.54) is 6.07 Å². The molecule has 0 spiro atoms. The number of urea groups is 1. The number of nitrogens with one attached hydrogen (secondary N) is 2. The topological polar surface area (TPSA) is 98.1 Å². The zero-order valence-corrected chi connectivity index (χ0v) is 18.1. The van der Waals surface area contributed by atoms with Gasteiger partial charge in [-0.15, -0.1) is 10.2 Å². The molecule has 8 nitrogen and oxygen atoms in total. The molecule has 2 N–H and O–H groups in total. The van der Waals surface area contributed by atoms with Crippen LogP contribution >= 0.6 is 11.8 Å². The van der Waals surface area contributed by atoms with Crippen molar-refractivity contribution in [2.45, 2.75) is 24.3 Å². The summed E-state index contributed by atoms with van der Waals surface area (Å²) in [4.78, 5) is 24.0. The van der Waals surface area contributed by atoms with Crippen molar-refractivity contribution >= 4 is 23.7 Å². The molecule has 0 saturated carbocycles. The number of carbonyl (C=O) groups excluding carboxylic acids is 2. The minimum atomic E-state index is -0.680. The molecule has 1 heterocycles. The fraction of sp³-hybridized carbons (Fsp3) is 0.238. The maximum absolute atomic E-state index is 14.7. The van der Waals surface area contributed by atoms with E-state index >= 15 is 0 Å². The van der Waals surface area contributed by atoms with E-state index in [1.807, 2.05) is 0 Å². The van der Waals surface area contributed by atoms with Crippen LogP contribution in [0.25, 0.3) is 17.1 Å². The number of thioether (sulfide) groups is 1. The van der Waals surface area contributed by atoms with Crippen molar-refractivity contribution in [3.63, 3.8) is 0 Å². The van der Waals surface area contributed by atoms with Crippen molar-refractivity contribution in [2.75, 3.05) is 13.7 Å². The molecule has 3 rings (SSSR count). The summed E-state index contributed by atoms with van der Waals surface area (Å²) in [6, 6.07) is 12.8. The van der Waals surface area contributed by atoms with Crippen LogP contribution < -0.4 is 15.4 Å². The molecule has 31 heavy (non-hydrogen) atoms. The Bertz CT molecular complexity index is 1070. The minimum absolute atomic E-state index is 0.247. The quantitative estimate of drug-likeness (QED) is 0.543. The Kier molecular flexibility index (Phi) is 7.24. The van der Waals surface area contributed by atoms with Crippen LogP contribution in [0.1, 0.15) is 13.8 Å². The Labute approximate surface area is 183 Å². The number of imide groups is 1. The number of hydrogen-bond donors (Lipinski definition) is 2. The van der Waals surface area contributed by atoms with Crippen molar-refractivity contribution in [1.29, 1.82) is 0 Å². The first kappa shape index (κ1) is 22.3. The number of para-hydroxylation sites is 1. The van der Waals surface area contributed by atoms with E-state index in [1.54, 1.807) is 68.0 Å². The van der Waals surface area contributed by atoms with E-state index in [-0.39, 0.29) is 5.69 Å². The van der Waals surface area contributed by atoms with Crippen LogP contribution in [0.2, 0.25) is 0 Å². The molecule has 3 aromatic rings. The molecule has 0 aliphatic heterocycles. The van der Waals surface area contributed by atoms with Crippen molar-refractivity contribution in [1.82, 2.24) is 25.4 Å². The third kappa shape index (κ3) is 5.21. The second kappa shape index (κ2) is 10.1. The Morgan fingerprint density at radius 3 is 2.52 bits per heavy atom. The molecule has 3 amide bonds. The van der Waals surface area contributed by atoms with Gasteiger partial charge in [-0.1, -0.05) is 23.9 Å². The number of carbonyl (C=O) groups is 2. The Morgan fingerprint density at radius 2 is 1.87 bits per heavy atom. The van der Waals surface area contributed by atoms with Gasteiger partial charge in [-0.2, -0.15) is 0 Å². The van der Waals surface area contributed by atoms with E-state index in [0.717, 1.165) is 11.8 Å². The van der Waals surface area contributed by atoms with Crippen LogP contribution in [0.15, 0.2) is 53.7 Å². The second-order valence-corrected chi connectivity index (χ2v) is 7.74. The summed E-state index contributed by atoms with van der Waals surface area (Å²) < 4.78 is 21.4. The monoisotopic (exact) mass is 443 g/mol. The maximum Gasteiger partial charge on any atom is 0.321 e. The number of nitrogens with zero attached hydrogens (tertiary/aromatic N) is 3. The molecule has 0 fully saturated rings. The number of hydrogen-bond acceptors (Lipinski definition) is 6. The van der Waals surface area contributed by atoms with Gasteiger partial charge in [0.15, 0.2) is 11.0 Å². The minimum Gasteiger partial charge on any atom is -0.497 e. The van der Waals surface area contributed by atoms with Gasteiger partial charge in [-0.25, -0.2) is 9.18 Å². The van der Waals surface area contributed by atoms with E-state index in [0.29, 0.717) is 28.8 Å². The summed E-state index contributed by atoms with van der Waals surface area (Å²) in [5.74, 6) is 0.126. The van der Waals surface area contributed by atoms with Gasteiger partial charge in [0.05, 0.1) is 18.0 Å². The van der Waals surface area contributed by atoms with Crippen molar-refractivity contribution < 1.29 is 18.7 Å². The van der Waals surface area contributed by atoms with E-state index < -0.39 is 23.0 Å². The number of ether oxygens (including phenoxy) is 1. The molecule has 0 bridgehead atoms. The summed E-state index contributed by atoms with van der Waals surface area (Å²) in [5.41, 5.74) is 0.944. The lowest BCUT2D eigenvalue weighted by Gasteiger charge is -2.14. The smallest absolute Gasteiger partial charge is 0.321 e. The SMILES string of the molecule is CCNC(=O)NC(=O)C(C)Sc1nnc(-c2ccc(OC)cc2)n1-c1ccccc1F. The van der Waals surface area contributed by atoms with E-state index in [2.05, 4.69) is 20.8 Å². The van der Waals surface area contributed by atoms with Gasteiger partial charge in [-0.05, 0) is 50.2 Å². The average molecular weight is 444 g/mol. The van der Waals surface area contributed by atoms with Gasteiger partial charge in [0.2, 0.25) is 5.91 Å². The molecular formula is C21H22FN5O3S. The lowest BCUT2D eigenvalue weighted by Crippen LogP contribution is -2.42. The normalized spacial score (nSPS) is 11.6. The highest BCUT2D eigenvalue weighted by Gasteiger charge is 2.24. The van der Waals surface area contributed by atoms with Gasteiger partial charge < -0.3 is 10.1 Å². The van der Waals surface area contributed by atoms with E-state index in [4.69, 9.17) is 4.74 Å². The highest BCUT2D eigenvalue weighted by Crippen LogP contribution is 2.31.